The van der Waals surface area contributed by atoms with Crippen molar-refractivity contribution in [1.82, 2.24) is 4.31 Å². The molecule has 1 fully saturated rings. The number of nitrogens with zero attached hydrogens (tertiary/aromatic N) is 1. The van der Waals surface area contributed by atoms with E-state index in [1.807, 2.05) is 0 Å². The fourth-order valence-electron chi connectivity index (χ4n) is 3.01. The lowest BCUT2D eigenvalue weighted by molar-refractivity contribution is -0.122. The summed E-state index contributed by atoms with van der Waals surface area (Å²) in [4.78, 5) is 12.5. The monoisotopic (exact) mass is 406 g/mol. The molecule has 2 aromatic carbocycles. The number of ether oxygens (including phenoxy) is 1. The topological polar surface area (TPSA) is 75.7 Å². The van der Waals surface area contributed by atoms with E-state index in [9.17, 15) is 17.6 Å². The highest BCUT2D eigenvalue weighted by molar-refractivity contribution is 7.89. The zero-order valence-electron chi connectivity index (χ0n) is 15.6. The van der Waals surface area contributed by atoms with Gasteiger partial charge in [0, 0.05) is 24.8 Å². The molecule has 0 bridgehead atoms. The maximum absolute atomic E-state index is 13.2. The molecular formula is C20H23FN2O4S. The summed E-state index contributed by atoms with van der Waals surface area (Å²) in [6.45, 7) is 2.63. The number of benzene rings is 2. The molecule has 8 heteroatoms. The molecule has 1 unspecified atom stereocenters. The van der Waals surface area contributed by atoms with Crippen LogP contribution in [0.3, 0.4) is 0 Å². The second-order valence-electron chi connectivity index (χ2n) is 6.70. The van der Waals surface area contributed by atoms with Gasteiger partial charge in [-0.3, -0.25) is 4.79 Å². The zero-order chi connectivity index (χ0) is 20.1. The molecule has 0 radical (unpaired) electrons. The molecule has 1 saturated heterocycles. The van der Waals surface area contributed by atoms with Gasteiger partial charge < -0.3 is 10.1 Å². The van der Waals surface area contributed by atoms with E-state index in [-0.39, 0.29) is 10.6 Å². The van der Waals surface area contributed by atoms with Crippen molar-refractivity contribution in [3.63, 3.8) is 0 Å². The van der Waals surface area contributed by atoms with E-state index in [2.05, 4.69) is 5.32 Å². The molecule has 2 aromatic rings. The molecule has 1 heterocycles. The Morgan fingerprint density at radius 1 is 1.11 bits per heavy atom. The lowest BCUT2D eigenvalue weighted by Crippen LogP contribution is -2.35. The standard InChI is InChI=1S/C20H23FN2O4S/c1-15(27-18-7-5-6-16(21)14-18)20(24)22-17-8-10-19(11-9-17)28(25,26)23-12-3-2-4-13-23/h5-11,14-15H,2-4,12-13H2,1H3,(H,22,24). The molecule has 0 saturated carbocycles. The fraction of sp³-hybridized carbons (Fsp3) is 0.350. The normalized spacial score (nSPS) is 16.4. The van der Waals surface area contributed by atoms with Crippen LogP contribution in [-0.2, 0) is 14.8 Å². The Kier molecular flexibility index (Phi) is 6.31. The maximum Gasteiger partial charge on any atom is 0.265 e. The quantitative estimate of drug-likeness (QED) is 0.798. The maximum atomic E-state index is 13.2. The van der Waals surface area contributed by atoms with Gasteiger partial charge in [0.1, 0.15) is 11.6 Å². The first-order valence-electron chi connectivity index (χ1n) is 9.19. The van der Waals surface area contributed by atoms with Gasteiger partial charge in [-0.15, -0.1) is 0 Å². The average molecular weight is 406 g/mol. The van der Waals surface area contributed by atoms with Gasteiger partial charge in [-0.05, 0) is 56.2 Å². The number of piperidine rings is 1. The molecule has 6 nitrogen and oxygen atoms in total. The van der Waals surface area contributed by atoms with Crippen LogP contribution in [0, 0.1) is 5.82 Å². The number of amides is 1. The summed E-state index contributed by atoms with van der Waals surface area (Å²) in [6, 6.07) is 11.6. The Hall–Kier alpha value is -2.45. The third-order valence-corrected chi connectivity index (χ3v) is 6.47. The second-order valence-corrected chi connectivity index (χ2v) is 8.63. The van der Waals surface area contributed by atoms with E-state index >= 15 is 0 Å². The summed E-state index contributed by atoms with van der Waals surface area (Å²) in [5.41, 5.74) is 0.456. The smallest absolute Gasteiger partial charge is 0.265 e. The van der Waals surface area contributed by atoms with Crippen molar-refractivity contribution in [2.45, 2.75) is 37.2 Å². The van der Waals surface area contributed by atoms with Crippen LogP contribution < -0.4 is 10.1 Å². The summed E-state index contributed by atoms with van der Waals surface area (Å²) in [5.74, 6) is -0.614. The first kappa shape index (κ1) is 20.3. The largest absolute Gasteiger partial charge is 0.481 e. The summed E-state index contributed by atoms with van der Waals surface area (Å²) in [7, 11) is -3.51. The lowest BCUT2D eigenvalue weighted by atomic mass is 10.2. The molecule has 1 amide bonds. The third-order valence-electron chi connectivity index (χ3n) is 4.55. The minimum Gasteiger partial charge on any atom is -0.481 e. The molecule has 1 aliphatic heterocycles. The first-order valence-corrected chi connectivity index (χ1v) is 10.6. The number of sulfonamides is 1. The number of hydrogen-bond acceptors (Lipinski definition) is 4. The lowest BCUT2D eigenvalue weighted by Gasteiger charge is -2.25. The number of hydrogen-bond donors (Lipinski definition) is 1. The molecule has 0 spiro atoms. The average Bonchev–Trinajstić information content (AvgIpc) is 2.69. The Morgan fingerprint density at radius 3 is 2.43 bits per heavy atom. The minimum absolute atomic E-state index is 0.205. The molecule has 1 N–H and O–H groups in total. The number of anilines is 1. The van der Waals surface area contributed by atoms with Gasteiger partial charge in [0.2, 0.25) is 10.0 Å². The molecule has 150 valence electrons. The van der Waals surface area contributed by atoms with Crippen LogP contribution in [0.1, 0.15) is 26.2 Å². The molecule has 0 aromatic heterocycles. The highest BCUT2D eigenvalue weighted by atomic mass is 32.2. The number of rotatable bonds is 6. The Morgan fingerprint density at radius 2 is 1.79 bits per heavy atom. The summed E-state index contributed by atoms with van der Waals surface area (Å²) < 4.78 is 45.4. The molecule has 3 rings (SSSR count). The predicted octanol–water partition coefficient (Wildman–Crippen LogP) is 3.41. The van der Waals surface area contributed by atoms with Gasteiger partial charge >= 0.3 is 0 Å². The van der Waals surface area contributed by atoms with Crippen LogP contribution in [0.5, 0.6) is 5.75 Å². The fourth-order valence-corrected chi connectivity index (χ4v) is 4.52. The number of halogens is 1. The van der Waals surface area contributed by atoms with Crippen LogP contribution in [0.4, 0.5) is 10.1 Å². The van der Waals surface area contributed by atoms with E-state index in [0.29, 0.717) is 18.8 Å². The predicted molar refractivity (Wildman–Crippen MR) is 104 cm³/mol. The van der Waals surface area contributed by atoms with E-state index < -0.39 is 27.9 Å². The van der Waals surface area contributed by atoms with Gasteiger partial charge in [-0.25, -0.2) is 12.8 Å². The molecule has 1 atom stereocenters. The van der Waals surface area contributed by atoms with E-state index in [1.165, 1.54) is 34.6 Å². The van der Waals surface area contributed by atoms with Crippen molar-refractivity contribution in [1.29, 1.82) is 0 Å². The number of nitrogens with one attached hydrogen (secondary N) is 1. The van der Waals surface area contributed by atoms with Crippen molar-refractivity contribution in [3.05, 3.63) is 54.3 Å². The summed E-state index contributed by atoms with van der Waals surface area (Å²) >= 11 is 0. The molecular weight excluding hydrogens is 383 g/mol. The van der Waals surface area contributed by atoms with Crippen LogP contribution >= 0.6 is 0 Å². The van der Waals surface area contributed by atoms with E-state index in [0.717, 1.165) is 19.3 Å². The Bertz CT molecular complexity index is 925. The summed E-state index contributed by atoms with van der Waals surface area (Å²) in [5, 5.41) is 2.67. The van der Waals surface area contributed by atoms with E-state index in [1.54, 1.807) is 25.1 Å². The van der Waals surface area contributed by atoms with Crippen molar-refractivity contribution in [3.8, 4) is 5.75 Å². The zero-order valence-corrected chi connectivity index (χ0v) is 16.4. The van der Waals surface area contributed by atoms with Crippen molar-refractivity contribution >= 4 is 21.6 Å². The van der Waals surface area contributed by atoms with Crippen LogP contribution in [0.2, 0.25) is 0 Å². The molecule has 28 heavy (non-hydrogen) atoms. The van der Waals surface area contributed by atoms with Crippen LogP contribution in [-0.4, -0.2) is 37.8 Å². The summed E-state index contributed by atoms with van der Waals surface area (Å²) in [6.07, 6.45) is 1.94. The Labute approximate surface area is 164 Å². The SMILES string of the molecule is CC(Oc1cccc(F)c1)C(=O)Nc1ccc(S(=O)(=O)N2CCCCC2)cc1. The van der Waals surface area contributed by atoms with Crippen LogP contribution in [0.25, 0.3) is 0 Å². The van der Waals surface area contributed by atoms with Gasteiger partial charge in [0.15, 0.2) is 6.10 Å². The van der Waals surface area contributed by atoms with Gasteiger partial charge in [0.25, 0.3) is 5.91 Å². The Balaban J connectivity index is 1.62. The van der Waals surface area contributed by atoms with Gasteiger partial charge in [-0.1, -0.05) is 12.5 Å². The van der Waals surface area contributed by atoms with Crippen molar-refractivity contribution < 1.29 is 22.3 Å². The van der Waals surface area contributed by atoms with Crippen molar-refractivity contribution in [2.24, 2.45) is 0 Å². The van der Waals surface area contributed by atoms with E-state index in [4.69, 9.17) is 4.74 Å². The molecule has 1 aliphatic rings. The number of carbonyl (C=O) groups is 1. The van der Waals surface area contributed by atoms with Crippen molar-refractivity contribution in [2.75, 3.05) is 18.4 Å². The van der Waals surface area contributed by atoms with Gasteiger partial charge in [0.05, 0.1) is 4.90 Å². The minimum atomic E-state index is -3.51. The highest BCUT2D eigenvalue weighted by Gasteiger charge is 2.25. The first-order chi connectivity index (χ1) is 13.4. The number of carbonyl (C=O) groups excluding carboxylic acids is 1. The molecule has 0 aliphatic carbocycles. The third kappa shape index (κ3) is 4.88. The van der Waals surface area contributed by atoms with Gasteiger partial charge in [-0.2, -0.15) is 4.31 Å². The second kappa shape index (κ2) is 8.70. The van der Waals surface area contributed by atoms with Crippen LogP contribution in [0.15, 0.2) is 53.4 Å². The highest BCUT2D eigenvalue weighted by Crippen LogP contribution is 2.22.